The van der Waals surface area contributed by atoms with Crippen molar-refractivity contribution in [2.24, 2.45) is 5.92 Å². The molecule has 0 aliphatic heterocycles. The number of carbonyl (C=O) groups is 1. The Morgan fingerprint density at radius 1 is 1.17 bits per heavy atom. The van der Waals surface area contributed by atoms with Gasteiger partial charge in [-0.1, -0.05) is 38.3 Å². The largest absolute Gasteiger partial charge is 0.493 e. The zero-order chi connectivity index (χ0) is 21.7. The Labute approximate surface area is 181 Å². The molecule has 3 aromatic heterocycles. The molecule has 0 radical (unpaired) electrons. The highest BCUT2D eigenvalue weighted by Crippen LogP contribution is 2.39. The van der Waals surface area contributed by atoms with E-state index in [0.717, 1.165) is 12.3 Å². The van der Waals surface area contributed by atoms with E-state index in [1.165, 1.54) is 26.1 Å². The third-order valence-corrected chi connectivity index (χ3v) is 5.07. The van der Waals surface area contributed by atoms with Gasteiger partial charge < -0.3 is 14.8 Å². The van der Waals surface area contributed by atoms with Gasteiger partial charge in [0.05, 0.1) is 25.5 Å². The maximum absolute atomic E-state index is 12.5. The first-order valence-corrected chi connectivity index (χ1v) is 10.7. The minimum Gasteiger partial charge on any atom is -0.493 e. The van der Waals surface area contributed by atoms with Crippen molar-refractivity contribution < 1.29 is 14.3 Å². The smallest absolute Gasteiger partial charge is 0.253 e. The molecule has 1 fully saturated rings. The van der Waals surface area contributed by atoms with Crippen LogP contribution in [0.25, 0.3) is 22.1 Å². The second kappa shape index (κ2) is 9.89. The number of pyridine rings is 3. The number of nitrogens with zero attached hydrogens (tertiary/aromatic N) is 3. The zero-order valence-electron chi connectivity index (χ0n) is 17.8. The van der Waals surface area contributed by atoms with Crippen LogP contribution in [0.4, 0.5) is 0 Å². The second-order valence-electron chi connectivity index (χ2n) is 6.77. The molecule has 1 amide bonds. The molecule has 30 heavy (non-hydrogen) atoms. The quantitative estimate of drug-likeness (QED) is 0.542. The highest BCUT2D eigenvalue weighted by Gasteiger charge is 2.24. The number of aromatic nitrogens is 3. The number of nitrogens with one attached hydrogen (secondary N) is 1. The second-order valence-corrected chi connectivity index (χ2v) is 7.18. The van der Waals surface area contributed by atoms with E-state index in [-0.39, 0.29) is 5.91 Å². The van der Waals surface area contributed by atoms with Crippen molar-refractivity contribution in [3.63, 3.8) is 0 Å². The molecular formula is C22H27ClN4O3. The fraction of sp³-hybridized carbons (Fsp3) is 0.455. The normalized spacial score (nSPS) is 13.0. The van der Waals surface area contributed by atoms with Gasteiger partial charge in [0.15, 0.2) is 11.5 Å². The van der Waals surface area contributed by atoms with Crippen LogP contribution in [0.1, 0.15) is 50.4 Å². The Kier molecular flexibility index (Phi) is 7.26. The highest BCUT2D eigenvalue weighted by molar-refractivity contribution is 6.33. The number of amides is 1. The van der Waals surface area contributed by atoms with Crippen molar-refractivity contribution in [2.45, 2.75) is 40.0 Å². The lowest BCUT2D eigenvalue weighted by Crippen LogP contribution is -2.23. The topological polar surface area (TPSA) is 86.2 Å². The molecule has 3 aromatic rings. The summed E-state index contributed by atoms with van der Waals surface area (Å²) < 4.78 is 11.6. The third kappa shape index (κ3) is 4.41. The van der Waals surface area contributed by atoms with Crippen LogP contribution in [-0.4, -0.2) is 41.1 Å². The maximum atomic E-state index is 12.5. The van der Waals surface area contributed by atoms with Gasteiger partial charge in [-0.15, -0.1) is 0 Å². The van der Waals surface area contributed by atoms with Crippen LogP contribution in [0, 0.1) is 5.92 Å². The maximum Gasteiger partial charge on any atom is 0.253 e. The fourth-order valence-electron chi connectivity index (χ4n) is 3.19. The van der Waals surface area contributed by atoms with Crippen molar-refractivity contribution in [2.75, 3.05) is 20.3 Å². The van der Waals surface area contributed by atoms with Crippen LogP contribution < -0.4 is 14.8 Å². The molecule has 0 bridgehead atoms. The summed E-state index contributed by atoms with van der Waals surface area (Å²) in [6, 6.07) is 1.64. The number of rotatable bonds is 7. The number of carbonyl (C=O) groups excluding carboxylic acids is 1. The first-order chi connectivity index (χ1) is 14.6. The van der Waals surface area contributed by atoms with Crippen LogP contribution >= 0.6 is 11.6 Å². The van der Waals surface area contributed by atoms with Crippen LogP contribution in [-0.2, 0) is 0 Å². The summed E-state index contributed by atoms with van der Waals surface area (Å²) in [5.74, 6) is 1.41. The molecule has 0 aromatic carbocycles. The Morgan fingerprint density at radius 3 is 2.57 bits per heavy atom. The van der Waals surface area contributed by atoms with E-state index in [1.54, 1.807) is 12.3 Å². The average Bonchev–Trinajstić information content (AvgIpc) is 3.59. The van der Waals surface area contributed by atoms with Gasteiger partial charge in [0.25, 0.3) is 5.91 Å². The van der Waals surface area contributed by atoms with E-state index in [4.69, 9.17) is 21.1 Å². The Balaban J connectivity index is 0.00000124. The van der Waals surface area contributed by atoms with Gasteiger partial charge in [-0.3, -0.25) is 9.78 Å². The molecule has 4 rings (SSSR count). The fourth-order valence-corrected chi connectivity index (χ4v) is 3.41. The third-order valence-electron chi connectivity index (χ3n) is 4.80. The van der Waals surface area contributed by atoms with Gasteiger partial charge >= 0.3 is 0 Å². The van der Waals surface area contributed by atoms with E-state index in [2.05, 4.69) is 20.3 Å². The lowest BCUT2D eigenvalue weighted by molar-refractivity contribution is 0.0957. The SMILES string of the molecule is CC.CCNC(=O)c1ccnc2c(OCCC3CC3)c3ncc(Cl)c(OC)c3nc12. The number of hydrogen-bond donors (Lipinski definition) is 1. The molecule has 0 saturated heterocycles. The number of methoxy groups -OCH3 is 1. The Morgan fingerprint density at radius 2 is 1.90 bits per heavy atom. The first-order valence-electron chi connectivity index (χ1n) is 10.4. The Bertz CT molecular complexity index is 1050. The molecule has 1 saturated carbocycles. The van der Waals surface area contributed by atoms with Crippen molar-refractivity contribution in [3.8, 4) is 11.5 Å². The average molecular weight is 431 g/mol. The van der Waals surface area contributed by atoms with Gasteiger partial charge in [0.1, 0.15) is 27.1 Å². The van der Waals surface area contributed by atoms with E-state index in [9.17, 15) is 4.79 Å². The summed E-state index contributed by atoms with van der Waals surface area (Å²) in [4.78, 5) is 26.1. The van der Waals surface area contributed by atoms with E-state index < -0.39 is 0 Å². The minimum absolute atomic E-state index is 0.223. The predicted octanol–water partition coefficient (Wildman–Crippen LogP) is 4.79. The molecule has 1 N–H and O–H groups in total. The number of hydrogen-bond acceptors (Lipinski definition) is 6. The number of fused-ring (bicyclic) bond motifs is 2. The van der Waals surface area contributed by atoms with Crippen LogP contribution in [0.5, 0.6) is 11.5 Å². The molecule has 8 heteroatoms. The molecule has 0 atom stereocenters. The van der Waals surface area contributed by atoms with E-state index in [1.807, 2.05) is 20.8 Å². The molecule has 160 valence electrons. The van der Waals surface area contributed by atoms with Crippen molar-refractivity contribution >= 4 is 39.6 Å². The Hall–Kier alpha value is -2.67. The molecule has 3 heterocycles. The summed E-state index contributed by atoms with van der Waals surface area (Å²) in [6.07, 6.45) is 6.58. The lowest BCUT2D eigenvalue weighted by atomic mass is 10.1. The van der Waals surface area contributed by atoms with E-state index in [0.29, 0.717) is 57.3 Å². The summed E-state index contributed by atoms with van der Waals surface area (Å²) >= 11 is 6.25. The van der Waals surface area contributed by atoms with E-state index >= 15 is 0 Å². The number of halogens is 1. The monoisotopic (exact) mass is 430 g/mol. The molecule has 7 nitrogen and oxygen atoms in total. The van der Waals surface area contributed by atoms with Crippen LogP contribution in [0.2, 0.25) is 5.02 Å². The summed E-state index contributed by atoms with van der Waals surface area (Å²) in [7, 11) is 1.52. The predicted molar refractivity (Wildman–Crippen MR) is 119 cm³/mol. The minimum atomic E-state index is -0.223. The van der Waals surface area contributed by atoms with Gasteiger partial charge in [-0.2, -0.15) is 0 Å². The molecular weight excluding hydrogens is 404 g/mol. The molecule has 0 spiro atoms. The van der Waals surface area contributed by atoms with Gasteiger partial charge in [-0.25, -0.2) is 9.97 Å². The van der Waals surface area contributed by atoms with Crippen LogP contribution in [0.15, 0.2) is 18.5 Å². The molecule has 1 aliphatic rings. The van der Waals surface area contributed by atoms with Gasteiger partial charge in [0, 0.05) is 12.7 Å². The van der Waals surface area contributed by atoms with Crippen LogP contribution in [0.3, 0.4) is 0 Å². The summed E-state index contributed by atoms with van der Waals surface area (Å²) in [5, 5.41) is 3.15. The summed E-state index contributed by atoms with van der Waals surface area (Å²) in [5.41, 5.74) is 2.32. The van der Waals surface area contributed by atoms with Crippen molar-refractivity contribution in [3.05, 3.63) is 29.0 Å². The van der Waals surface area contributed by atoms with Crippen molar-refractivity contribution in [1.29, 1.82) is 0 Å². The highest BCUT2D eigenvalue weighted by atomic mass is 35.5. The molecule has 0 unspecified atom stereocenters. The standard InChI is InChI=1S/C20H21ClN4O3.C2H6/c1-3-22-20(26)12-6-8-23-15-14(12)25-17-16(24-10-13(21)18(17)27-2)19(15)28-9-7-11-4-5-11;1-2/h6,8,10-11H,3-5,7,9H2,1-2H3,(H,22,26);1-2H3. The zero-order valence-corrected chi connectivity index (χ0v) is 18.5. The summed E-state index contributed by atoms with van der Waals surface area (Å²) in [6.45, 7) is 6.93. The van der Waals surface area contributed by atoms with Crippen molar-refractivity contribution in [1.82, 2.24) is 20.3 Å². The molecule has 1 aliphatic carbocycles. The lowest BCUT2D eigenvalue weighted by Gasteiger charge is -2.15. The van der Waals surface area contributed by atoms with Gasteiger partial charge in [0.2, 0.25) is 0 Å². The number of ether oxygens (including phenoxy) is 2. The van der Waals surface area contributed by atoms with Gasteiger partial charge in [-0.05, 0) is 25.3 Å². The first kappa shape index (κ1) is 22.0.